The van der Waals surface area contributed by atoms with Gasteiger partial charge < -0.3 is 15.3 Å². The molecule has 0 spiro atoms. The molecule has 0 aliphatic heterocycles. The summed E-state index contributed by atoms with van der Waals surface area (Å²) in [6.45, 7) is 1.12. The zero-order valence-corrected chi connectivity index (χ0v) is 8.34. The van der Waals surface area contributed by atoms with Crippen LogP contribution in [-0.2, 0) is 14.4 Å². The Balaban J connectivity index is 4.68. The van der Waals surface area contributed by atoms with Crippen LogP contribution in [0.25, 0.3) is 0 Å². The first kappa shape index (κ1) is 13.6. The Kier molecular flexibility index (Phi) is 4.45. The Labute approximate surface area is 84.6 Å². The van der Waals surface area contributed by atoms with Crippen molar-refractivity contribution in [3.05, 3.63) is 0 Å². The van der Waals surface area contributed by atoms with Crippen LogP contribution >= 0.6 is 0 Å². The molecule has 0 saturated carbocycles. The van der Waals surface area contributed by atoms with Gasteiger partial charge in [0.25, 0.3) is 10.1 Å². The summed E-state index contributed by atoms with van der Waals surface area (Å²) < 4.78 is 25.5. The van der Waals surface area contributed by atoms with Gasteiger partial charge in [0.15, 0.2) is 0 Å². The molecule has 2 amide bonds. The van der Waals surface area contributed by atoms with Crippen LogP contribution in [0.4, 0.5) is 9.59 Å². The first-order valence-electron chi connectivity index (χ1n) is 3.52. The maximum atomic E-state index is 10.9. The molecular formula is C5H9NO8S. The van der Waals surface area contributed by atoms with Crippen molar-refractivity contribution in [1.82, 2.24) is 5.06 Å². The van der Waals surface area contributed by atoms with Crippen molar-refractivity contribution in [2.75, 3.05) is 5.75 Å². The topological polar surface area (TPSA) is 141 Å². The van der Waals surface area contributed by atoms with E-state index in [4.69, 9.17) is 15.3 Å². The summed E-state index contributed by atoms with van der Waals surface area (Å²) >= 11 is 0. The molecule has 10 heteroatoms. The maximum Gasteiger partial charge on any atom is 0.443 e. The molecule has 0 bridgehead atoms. The summed E-state index contributed by atoms with van der Waals surface area (Å²) in [4.78, 5) is 20.4. The van der Waals surface area contributed by atoms with E-state index >= 15 is 0 Å². The Bertz CT molecular complexity index is 332. The number of rotatable bonds is 4. The molecule has 0 radical (unpaired) electrons. The standard InChI is InChI=1S/C5H9NO8S/c1-3(7)2-15(12,13)14-6(4(8)9)5(10)11/h3,7H,2H2,1H3,(H,8,9)(H,10,11). The van der Waals surface area contributed by atoms with Crippen molar-refractivity contribution in [2.24, 2.45) is 0 Å². The van der Waals surface area contributed by atoms with Crippen LogP contribution in [0, 0.1) is 0 Å². The number of hydrogen-bond donors (Lipinski definition) is 3. The average Bonchev–Trinajstić information content (AvgIpc) is 1.96. The van der Waals surface area contributed by atoms with Crippen LogP contribution in [0.15, 0.2) is 0 Å². The fraction of sp³-hybridized carbons (Fsp3) is 0.600. The van der Waals surface area contributed by atoms with Gasteiger partial charge in [-0.3, -0.25) is 0 Å². The molecule has 0 heterocycles. The van der Waals surface area contributed by atoms with Gasteiger partial charge in [-0.15, -0.1) is 4.28 Å². The lowest BCUT2D eigenvalue weighted by Crippen LogP contribution is -2.38. The van der Waals surface area contributed by atoms with E-state index in [1.807, 2.05) is 0 Å². The van der Waals surface area contributed by atoms with Crippen LogP contribution in [0.1, 0.15) is 6.92 Å². The zero-order chi connectivity index (χ0) is 12.2. The van der Waals surface area contributed by atoms with E-state index in [1.165, 1.54) is 0 Å². The Morgan fingerprint density at radius 1 is 1.33 bits per heavy atom. The summed E-state index contributed by atoms with van der Waals surface area (Å²) in [5.41, 5.74) is 0. The summed E-state index contributed by atoms with van der Waals surface area (Å²) in [6.07, 6.45) is -5.51. The second kappa shape index (κ2) is 4.91. The quantitative estimate of drug-likeness (QED) is 0.549. The first-order valence-corrected chi connectivity index (χ1v) is 5.10. The maximum absolute atomic E-state index is 10.9. The van der Waals surface area contributed by atoms with E-state index < -0.39 is 39.2 Å². The molecule has 0 aliphatic carbocycles. The SMILES string of the molecule is CC(O)CS(=O)(=O)ON(C(=O)O)C(=O)O. The number of nitrogens with zero attached hydrogens (tertiary/aromatic N) is 1. The van der Waals surface area contributed by atoms with Gasteiger partial charge in [-0.1, -0.05) is 5.06 Å². The van der Waals surface area contributed by atoms with E-state index in [1.54, 1.807) is 0 Å². The van der Waals surface area contributed by atoms with Crippen LogP contribution in [-0.4, -0.2) is 52.8 Å². The third kappa shape index (κ3) is 5.15. The molecule has 0 aliphatic rings. The summed E-state index contributed by atoms with van der Waals surface area (Å²) in [6, 6.07) is 0. The van der Waals surface area contributed by atoms with Gasteiger partial charge in [0.05, 0.1) is 6.10 Å². The molecule has 15 heavy (non-hydrogen) atoms. The van der Waals surface area contributed by atoms with Crippen molar-refractivity contribution in [2.45, 2.75) is 13.0 Å². The summed E-state index contributed by atoms with van der Waals surface area (Å²) in [5.74, 6) is -0.913. The van der Waals surface area contributed by atoms with Crippen LogP contribution in [0.2, 0.25) is 0 Å². The predicted octanol–water partition coefficient (Wildman–Crippen LogP) is -0.713. The fourth-order valence-corrected chi connectivity index (χ4v) is 1.59. The lowest BCUT2D eigenvalue weighted by molar-refractivity contribution is -0.0149. The van der Waals surface area contributed by atoms with Crippen molar-refractivity contribution in [1.29, 1.82) is 0 Å². The van der Waals surface area contributed by atoms with E-state index in [2.05, 4.69) is 4.28 Å². The highest BCUT2D eigenvalue weighted by Crippen LogP contribution is 2.03. The third-order valence-corrected chi connectivity index (χ3v) is 2.25. The second-order valence-corrected chi connectivity index (χ2v) is 4.11. The Morgan fingerprint density at radius 3 is 2.00 bits per heavy atom. The fourth-order valence-electron chi connectivity index (χ4n) is 0.585. The lowest BCUT2D eigenvalue weighted by Gasteiger charge is -2.12. The minimum atomic E-state index is -4.46. The van der Waals surface area contributed by atoms with E-state index in [0.717, 1.165) is 6.92 Å². The van der Waals surface area contributed by atoms with Crippen LogP contribution < -0.4 is 0 Å². The summed E-state index contributed by atoms with van der Waals surface area (Å²) in [7, 11) is -4.46. The van der Waals surface area contributed by atoms with Gasteiger partial charge in [-0.2, -0.15) is 8.42 Å². The largest absolute Gasteiger partial charge is 0.463 e. The molecule has 0 fully saturated rings. The summed E-state index contributed by atoms with van der Waals surface area (Å²) in [5, 5.41) is 24.4. The number of hydrogen-bond acceptors (Lipinski definition) is 6. The normalized spacial score (nSPS) is 13.2. The van der Waals surface area contributed by atoms with Crippen molar-refractivity contribution in [3.63, 3.8) is 0 Å². The minimum absolute atomic E-state index is 0.766. The molecule has 1 atom stereocenters. The number of hydroxylamine groups is 2. The van der Waals surface area contributed by atoms with Crippen molar-refractivity contribution >= 4 is 22.3 Å². The van der Waals surface area contributed by atoms with Crippen molar-refractivity contribution < 1.29 is 37.6 Å². The van der Waals surface area contributed by atoms with Crippen LogP contribution in [0.5, 0.6) is 0 Å². The molecule has 3 N–H and O–H groups in total. The number of aliphatic hydroxyl groups excluding tert-OH is 1. The highest BCUT2D eigenvalue weighted by molar-refractivity contribution is 7.86. The van der Waals surface area contributed by atoms with Gasteiger partial charge in [0.1, 0.15) is 5.75 Å². The highest BCUT2D eigenvalue weighted by atomic mass is 32.2. The predicted molar refractivity (Wildman–Crippen MR) is 44.4 cm³/mol. The average molecular weight is 243 g/mol. The van der Waals surface area contributed by atoms with Crippen molar-refractivity contribution in [3.8, 4) is 0 Å². The van der Waals surface area contributed by atoms with E-state index in [9.17, 15) is 18.0 Å². The highest BCUT2D eigenvalue weighted by Gasteiger charge is 2.29. The molecule has 0 rings (SSSR count). The van der Waals surface area contributed by atoms with E-state index in [-0.39, 0.29) is 0 Å². The first-order chi connectivity index (χ1) is 6.65. The van der Waals surface area contributed by atoms with Gasteiger partial charge in [0.2, 0.25) is 0 Å². The molecule has 9 nitrogen and oxygen atoms in total. The minimum Gasteiger partial charge on any atom is -0.463 e. The number of carboxylic acid groups (broad SMARTS) is 2. The van der Waals surface area contributed by atoms with Crippen LogP contribution in [0.3, 0.4) is 0 Å². The van der Waals surface area contributed by atoms with Gasteiger partial charge >= 0.3 is 12.2 Å². The third-order valence-electron chi connectivity index (χ3n) is 0.981. The lowest BCUT2D eigenvalue weighted by atomic mass is 10.5. The van der Waals surface area contributed by atoms with Gasteiger partial charge in [0, 0.05) is 0 Å². The molecule has 0 aromatic heterocycles. The second-order valence-electron chi connectivity index (χ2n) is 2.51. The molecule has 88 valence electrons. The molecule has 1 unspecified atom stereocenters. The monoisotopic (exact) mass is 243 g/mol. The Morgan fingerprint density at radius 2 is 1.73 bits per heavy atom. The molecule has 0 aromatic carbocycles. The van der Waals surface area contributed by atoms with E-state index in [0.29, 0.717) is 0 Å². The smallest absolute Gasteiger partial charge is 0.443 e. The Hall–Kier alpha value is -1.39. The molecule has 0 saturated heterocycles. The number of imide groups is 1. The number of aliphatic hydroxyl groups is 1. The molecule has 0 aromatic rings. The van der Waals surface area contributed by atoms with Gasteiger partial charge in [-0.25, -0.2) is 9.59 Å². The number of carbonyl (C=O) groups is 2. The number of amides is 2. The molecular weight excluding hydrogens is 234 g/mol. The van der Waals surface area contributed by atoms with Gasteiger partial charge in [-0.05, 0) is 6.92 Å². The zero-order valence-electron chi connectivity index (χ0n) is 7.52.